The van der Waals surface area contributed by atoms with E-state index in [1.807, 2.05) is 6.21 Å². The molecule has 1 unspecified atom stereocenters. The summed E-state index contributed by atoms with van der Waals surface area (Å²) in [6.45, 7) is 3.72. The van der Waals surface area contributed by atoms with Crippen LogP contribution in [0, 0.1) is 0 Å². The molecule has 2 aromatic rings. The molecular formula is C23H30N4. The lowest BCUT2D eigenvalue weighted by molar-refractivity contribution is 0.171. The zero-order valence-electron chi connectivity index (χ0n) is 16.1. The molecule has 0 saturated carbocycles. The maximum atomic E-state index is 5.64. The molecule has 1 heterocycles. The van der Waals surface area contributed by atoms with Gasteiger partial charge < -0.3 is 11.1 Å². The minimum absolute atomic E-state index is 0.533. The molecule has 3 rings (SSSR count). The standard InChI is InChI=1S/C23H30N4/c1-25-16-20(15-24)17-26-11-12-27-18-22-10-6-5-9-21(22)14-23(27)13-19-7-3-2-4-8-19/h2-10,15-16,23,26H,11-14,17-18,24H2,1H3/b20-15+,25-16?. The molecule has 0 fully saturated rings. The minimum Gasteiger partial charge on any atom is -0.404 e. The first-order valence-corrected chi connectivity index (χ1v) is 9.68. The lowest BCUT2D eigenvalue weighted by Crippen LogP contribution is -2.45. The first-order valence-electron chi connectivity index (χ1n) is 9.68. The van der Waals surface area contributed by atoms with E-state index in [9.17, 15) is 0 Å². The minimum atomic E-state index is 0.533. The van der Waals surface area contributed by atoms with Crippen LogP contribution in [0.15, 0.2) is 71.4 Å². The Bertz CT molecular complexity index is 767. The molecule has 2 aromatic carbocycles. The quantitative estimate of drug-likeness (QED) is 0.561. The Hall–Kier alpha value is -2.43. The van der Waals surface area contributed by atoms with Crippen molar-refractivity contribution in [3.63, 3.8) is 0 Å². The third-order valence-electron chi connectivity index (χ3n) is 5.19. The van der Waals surface area contributed by atoms with Gasteiger partial charge in [-0.25, -0.2) is 0 Å². The lowest BCUT2D eigenvalue weighted by atomic mass is 9.90. The molecule has 4 nitrogen and oxygen atoms in total. The summed E-state index contributed by atoms with van der Waals surface area (Å²) < 4.78 is 0. The summed E-state index contributed by atoms with van der Waals surface area (Å²) in [6.07, 6.45) is 5.63. The maximum Gasteiger partial charge on any atom is 0.0277 e. The van der Waals surface area contributed by atoms with Gasteiger partial charge in [-0.2, -0.15) is 0 Å². The van der Waals surface area contributed by atoms with Gasteiger partial charge in [0.05, 0.1) is 0 Å². The molecule has 0 spiro atoms. The van der Waals surface area contributed by atoms with E-state index >= 15 is 0 Å². The highest BCUT2D eigenvalue weighted by Crippen LogP contribution is 2.25. The van der Waals surface area contributed by atoms with Gasteiger partial charge in [0.2, 0.25) is 0 Å². The fourth-order valence-corrected chi connectivity index (χ4v) is 3.76. The van der Waals surface area contributed by atoms with Crippen LogP contribution in [0.1, 0.15) is 16.7 Å². The van der Waals surface area contributed by atoms with Crippen LogP contribution in [-0.4, -0.2) is 43.8 Å². The molecule has 0 bridgehead atoms. The smallest absolute Gasteiger partial charge is 0.0277 e. The summed E-state index contributed by atoms with van der Waals surface area (Å²) in [6, 6.07) is 20.2. The lowest BCUT2D eigenvalue weighted by Gasteiger charge is -2.37. The molecule has 1 atom stereocenters. The van der Waals surface area contributed by atoms with Gasteiger partial charge in [-0.05, 0) is 41.3 Å². The Balaban J connectivity index is 1.63. The Kier molecular flexibility index (Phi) is 7.19. The zero-order chi connectivity index (χ0) is 18.9. The van der Waals surface area contributed by atoms with E-state index in [1.165, 1.54) is 16.7 Å². The summed E-state index contributed by atoms with van der Waals surface area (Å²) in [5, 5.41) is 3.50. The van der Waals surface area contributed by atoms with Gasteiger partial charge >= 0.3 is 0 Å². The van der Waals surface area contributed by atoms with Crippen molar-refractivity contribution in [1.29, 1.82) is 0 Å². The number of aliphatic imine (C=N–C) groups is 1. The van der Waals surface area contributed by atoms with E-state index in [1.54, 1.807) is 13.2 Å². The molecule has 0 saturated heterocycles. The van der Waals surface area contributed by atoms with Crippen molar-refractivity contribution in [2.24, 2.45) is 10.7 Å². The van der Waals surface area contributed by atoms with Gasteiger partial charge in [-0.3, -0.25) is 9.89 Å². The average molecular weight is 363 g/mol. The van der Waals surface area contributed by atoms with Crippen molar-refractivity contribution >= 4 is 6.21 Å². The number of rotatable bonds is 8. The largest absolute Gasteiger partial charge is 0.404 e. The average Bonchev–Trinajstić information content (AvgIpc) is 2.71. The third kappa shape index (κ3) is 5.52. The normalized spacial score (nSPS) is 18.0. The number of hydrogen-bond donors (Lipinski definition) is 2. The molecule has 1 aliphatic heterocycles. The van der Waals surface area contributed by atoms with Crippen molar-refractivity contribution < 1.29 is 0 Å². The van der Waals surface area contributed by atoms with E-state index in [4.69, 9.17) is 5.73 Å². The van der Waals surface area contributed by atoms with E-state index in [0.717, 1.165) is 44.6 Å². The van der Waals surface area contributed by atoms with Gasteiger partial charge in [0.15, 0.2) is 0 Å². The molecule has 1 aliphatic rings. The second kappa shape index (κ2) is 10.0. The van der Waals surface area contributed by atoms with Crippen molar-refractivity contribution in [3.05, 3.63) is 83.1 Å². The third-order valence-corrected chi connectivity index (χ3v) is 5.19. The number of benzene rings is 2. The van der Waals surface area contributed by atoms with Crippen molar-refractivity contribution in [2.45, 2.75) is 25.4 Å². The van der Waals surface area contributed by atoms with Crippen molar-refractivity contribution in [2.75, 3.05) is 26.7 Å². The Labute approximate surface area is 162 Å². The Morgan fingerprint density at radius 2 is 1.89 bits per heavy atom. The fourth-order valence-electron chi connectivity index (χ4n) is 3.76. The van der Waals surface area contributed by atoms with E-state index < -0.39 is 0 Å². The highest BCUT2D eigenvalue weighted by molar-refractivity contribution is 5.78. The highest BCUT2D eigenvalue weighted by Gasteiger charge is 2.25. The molecule has 27 heavy (non-hydrogen) atoms. The second-order valence-corrected chi connectivity index (χ2v) is 7.09. The van der Waals surface area contributed by atoms with E-state index in [0.29, 0.717) is 6.04 Å². The summed E-state index contributed by atoms with van der Waals surface area (Å²) in [5.41, 5.74) is 11.0. The van der Waals surface area contributed by atoms with Crippen LogP contribution < -0.4 is 11.1 Å². The first-order chi connectivity index (χ1) is 13.3. The molecule has 0 aromatic heterocycles. The monoisotopic (exact) mass is 362 g/mol. The fraction of sp³-hybridized carbons (Fsp3) is 0.348. The highest BCUT2D eigenvalue weighted by atomic mass is 15.2. The van der Waals surface area contributed by atoms with Gasteiger partial charge in [0.1, 0.15) is 0 Å². The zero-order valence-corrected chi connectivity index (χ0v) is 16.1. The predicted molar refractivity (Wildman–Crippen MR) is 114 cm³/mol. The van der Waals surface area contributed by atoms with Crippen LogP contribution in [0.25, 0.3) is 0 Å². The maximum absolute atomic E-state index is 5.64. The summed E-state index contributed by atoms with van der Waals surface area (Å²) in [7, 11) is 1.77. The second-order valence-electron chi connectivity index (χ2n) is 7.09. The number of fused-ring (bicyclic) bond motifs is 1. The van der Waals surface area contributed by atoms with Gasteiger partial charge in [-0.1, -0.05) is 54.6 Å². The van der Waals surface area contributed by atoms with E-state index in [2.05, 4.69) is 69.8 Å². The molecule has 142 valence electrons. The molecule has 0 amide bonds. The van der Waals surface area contributed by atoms with Gasteiger partial charge in [0.25, 0.3) is 0 Å². The van der Waals surface area contributed by atoms with Crippen LogP contribution in [0.4, 0.5) is 0 Å². The van der Waals surface area contributed by atoms with Gasteiger partial charge in [0, 0.05) is 45.5 Å². The number of nitrogens with one attached hydrogen (secondary N) is 1. The van der Waals surface area contributed by atoms with Crippen molar-refractivity contribution in [3.8, 4) is 0 Å². The molecular weight excluding hydrogens is 332 g/mol. The van der Waals surface area contributed by atoms with Gasteiger partial charge in [-0.15, -0.1) is 0 Å². The topological polar surface area (TPSA) is 53.6 Å². The predicted octanol–water partition coefficient (Wildman–Crippen LogP) is 2.79. The van der Waals surface area contributed by atoms with Crippen LogP contribution in [0.3, 0.4) is 0 Å². The summed E-state index contributed by atoms with van der Waals surface area (Å²) in [4.78, 5) is 6.65. The Morgan fingerprint density at radius 1 is 1.15 bits per heavy atom. The van der Waals surface area contributed by atoms with Crippen LogP contribution in [0.2, 0.25) is 0 Å². The first kappa shape index (κ1) is 19.3. The van der Waals surface area contributed by atoms with E-state index in [-0.39, 0.29) is 0 Å². The molecule has 0 radical (unpaired) electrons. The summed E-state index contributed by atoms with van der Waals surface area (Å²) >= 11 is 0. The molecule has 4 heteroatoms. The number of nitrogens with two attached hydrogens (primary N) is 1. The Morgan fingerprint density at radius 3 is 2.63 bits per heavy atom. The number of nitrogens with zero attached hydrogens (tertiary/aromatic N) is 2. The summed E-state index contributed by atoms with van der Waals surface area (Å²) in [5.74, 6) is 0. The van der Waals surface area contributed by atoms with Crippen LogP contribution in [-0.2, 0) is 19.4 Å². The van der Waals surface area contributed by atoms with Crippen molar-refractivity contribution in [1.82, 2.24) is 10.2 Å². The SMILES string of the molecule is CN=C/C(=C\N)CNCCN1Cc2ccccc2CC1Cc1ccccc1. The molecule has 3 N–H and O–H groups in total. The molecule has 0 aliphatic carbocycles. The van der Waals surface area contributed by atoms with Crippen LogP contribution in [0.5, 0.6) is 0 Å². The number of hydrogen-bond acceptors (Lipinski definition) is 4. The van der Waals surface area contributed by atoms with Crippen LogP contribution >= 0.6 is 0 Å².